The predicted octanol–water partition coefficient (Wildman–Crippen LogP) is 2.40. The highest BCUT2D eigenvalue weighted by Crippen LogP contribution is 2.24. The normalized spacial score (nSPS) is 15.4. The van der Waals surface area contributed by atoms with E-state index in [9.17, 15) is 0 Å². The Morgan fingerprint density at radius 1 is 1.47 bits per heavy atom. The van der Waals surface area contributed by atoms with Gasteiger partial charge in [0.15, 0.2) is 0 Å². The third-order valence-electron chi connectivity index (χ3n) is 2.91. The van der Waals surface area contributed by atoms with Gasteiger partial charge < -0.3 is 9.84 Å². The monoisotopic (exact) mass is 249 g/mol. The second-order valence-electron chi connectivity index (χ2n) is 4.46. The fourth-order valence-corrected chi connectivity index (χ4v) is 2.55. The second-order valence-corrected chi connectivity index (χ2v) is 5.20. The van der Waals surface area contributed by atoms with Gasteiger partial charge in [-0.15, -0.1) is 0 Å². The van der Waals surface area contributed by atoms with Crippen molar-refractivity contribution >= 4 is 11.3 Å². The molecule has 2 heterocycles. The summed E-state index contributed by atoms with van der Waals surface area (Å²) in [5.74, 6) is 1.43. The summed E-state index contributed by atoms with van der Waals surface area (Å²) in [6.45, 7) is 2.99. The van der Waals surface area contributed by atoms with Gasteiger partial charge in [0.1, 0.15) is 0 Å². The van der Waals surface area contributed by atoms with Crippen LogP contribution in [0.1, 0.15) is 24.3 Å². The van der Waals surface area contributed by atoms with Crippen LogP contribution >= 0.6 is 11.3 Å². The molecule has 0 unspecified atom stereocenters. The number of hydrogen-bond acceptors (Lipinski definition) is 5. The molecule has 0 radical (unpaired) electrons. The summed E-state index contributed by atoms with van der Waals surface area (Å²) in [4.78, 5) is 4.42. The maximum absolute atomic E-state index is 5.25. The van der Waals surface area contributed by atoms with E-state index in [-0.39, 0.29) is 0 Å². The molecule has 0 bridgehead atoms. The van der Waals surface area contributed by atoms with Gasteiger partial charge in [0.25, 0.3) is 0 Å². The first-order valence-electron chi connectivity index (χ1n) is 5.92. The lowest BCUT2D eigenvalue weighted by molar-refractivity contribution is 0.376. The predicted molar refractivity (Wildman–Crippen MR) is 67.1 cm³/mol. The highest BCUT2D eigenvalue weighted by molar-refractivity contribution is 7.08. The molecule has 4 nitrogen and oxygen atoms in total. The van der Waals surface area contributed by atoms with Crippen molar-refractivity contribution in [3.8, 4) is 11.4 Å². The molecular weight excluding hydrogens is 234 g/mol. The molecule has 2 aromatic heterocycles. The highest BCUT2D eigenvalue weighted by atomic mass is 32.1. The molecule has 2 aromatic rings. The van der Waals surface area contributed by atoms with Gasteiger partial charge in [0, 0.05) is 30.0 Å². The van der Waals surface area contributed by atoms with Crippen LogP contribution in [0.3, 0.4) is 0 Å². The zero-order chi connectivity index (χ0) is 11.7. The number of hydrogen-bond donors (Lipinski definition) is 1. The average Bonchev–Trinajstić information content (AvgIpc) is 2.85. The van der Waals surface area contributed by atoms with Crippen LogP contribution in [-0.4, -0.2) is 22.7 Å². The van der Waals surface area contributed by atoms with Crippen molar-refractivity contribution in [2.45, 2.75) is 32.2 Å². The first-order chi connectivity index (χ1) is 8.33. The van der Waals surface area contributed by atoms with E-state index >= 15 is 0 Å². The molecule has 5 heteroatoms. The van der Waals surface area contributed by atoms with Crippen molar-refractivity contribution in [2.24, 2.45) is 0 Å². The van der Waals surface area contributed by atoms with Crippen molar-refractivity contribution in [1.82, 2.24) is 15.5 Å². The van der Waals surface area contributed by atoms with Crippen LogP contribution in [0, 0.1) is 6.92 Å². The summed E-state index contributed by atoms with van der Waals surface area (Å²) in [6.07, 6.45) is 3.43. The van der Waals surface area contributed by atoms with E-state index in [0.29, 0.717) is 5.82 Å². The van der Waals surface area contributed by atoms with Crippen molar-refractivity contribution in [2.75, 3.05) is 6.54 Å². The molecule has 0 saturated heterocycles. The van der Waals surface area contributed by atoms with Gasteiger partial charge >= 0.3 is 0 Å². The molecule has 0 atom stereocenters. The zero-order valence-corrected chi connectivity index (χ0v) is 10.6. The van der Waals surface area contributed by atoms with Gasteiger partial charge in [-0.25, -0.2) is 0 Å². The van der Waals surface area contributed by atoms with E-state index in [1.165, 1.54) is 18.4 Å². The molecule has 1 aliphatic rings. The lowest BCUT2D eigenvalue weighted by Gasteiger charge is -1.97. The first-order valence-corrected chi connectivity index (χ1v) is 6.86. The smallest absolute Gasteiger partial charge is 0.228 e. The second kappa shape index (κ2) is 4.58. The minimum Gasteiger partial charge on any atom is -0.339 e. The standard InChI is InChI=1S/C12H15N3OS/c1-8-6-17-7-10(8)12-14-11(16-15-12)4-5-13-9-2-3-9/h6-7,9,13H,2-5H2,1H3. The molecule has 90 valence electrons. The maximum Gasteiger partial charge on any atom is 0.228 e. The molecular formula is C12H15N3OS. The van der Waals surface area contributed by atoms with Crippen LogP contribution in [0.15, 0.2) is 15.3 Å². The highest BCUT2D eigenvalue weighted by Gasteiger charge is 2.20. The summed E-state index contributed by atoms with van der Waals surface area (Å²) >= 11 is 1.67. The van der Waals surface area contributed by atoms with E-state index in [0.717, 1.165) is 30.5 Å². The Hall–Kier alpha value is -1.20. The Labute approximate surface area is 104 Å². The van der Waals surface area contributed by atoms with E-state index in [2.05, 4.69) is 33.1 Å². The maximum atomic E-state index is 5.25. The van der Waals surface area contributed by atoms with Crippen LogP contribution in [0.25, 0.3) is 11.4 Å². The van der Waals surface area contributed by atoms with Crippen LogP contribution < -0.4 is 5.32 Å². The Morgan fingerprint density at radius 2 is 2.35 bits per heavy atom. The summed E-state index contributed by atoms with van der Waals surface area (Å²) < 4.78 is 5.25. The minimum absolute atomic E-state index is 0.713. The van der Waals surface area contributed by atoms with Crippen LogP contribution in [0.5, 0.6) is 0 Å². The first kappa shape index (κ1) is 10.9. The number of aryl methyl sites for hydroxylation is 1. The van der Waals surface area contributed by atoms with Gasteiger partial charge in [0.05, 0.1) is 0 Å². The number of nitrogens with one attached hydrogen (secondary N) is 1. The van der Waals surface area contributed by atoms with Gasteiger partial charge in [-0.05, 0) is 30.7 Å². The topological polar surface area (TPSA) is 51.0 Å². The largest absolute Gasteiger partial charge is 0.339 e. The number of thiophene rings is 1. The molecule has 1 fully saturated rings. The molecule has 17 heavy (non-hydrogen) atoms. The fraction of sp³-hybridized carbons (Fsp3) is 0.500. The molecule has 1 N–H and O–H groups in total. The Morgan fingerprint density at radius 3 is 3.06 bits per heavy atom. The summed E-state index contributed by atoms with van der Waals surface area (Å²) in [7, 11) is 0. The molecule has 1 aliphatic carbocycles. The Kier molecular flexibility index (Phi) is 2.94. The van der Waals surface area contributed by atoms with Crippen molar-refractivity contribution in [1.29, 1.82) is 0 Å². The summed E-state index contributed by atoms with van der Waals surface area (Å²) in [5, 5.41) is 11.6. The third-order valence-corrected chi connectivity index (χ3v) is 3.78. The lowest BCUT2D eigenvalue weighted by atomic mass is 10.2. The molecule has 3 rings (SSSR count). The SMILES string of the molecule is Cc1cscc1-c1noc(CCNC2CC2)n1. The van der Waals surface area contributed by atoms with Gasteiger partial charge in [0.2, 0.25) is 11.7 Å². The average molecular weight is 249 g/mol. The van der Waals surface area contributed by atoms with Crippen molar-refractivity contribution < 1.29 is 4.52 Å². The molecule has 0 spiro atoms. The number of rotatable bonds is 5. The fourth-order valence-electron chi connectivity index (χ4n) is 1.73. The Bertz CT molecular complexity index is 501. The van der Waals surface area contributed by atoms with E-state index < -0.39 is 0 Å². The van der Waals surface area contributed by atoms with Gasteiger partial charge in [-0.3, -0.25) is 0 Å². The van der Waals surface area contributed by atoms with Gasteiger partial charge in [-0.2, -0.15) is 16.3 Å². The number of nitrogens with zero attached hydrogens (tertiary/aromatic N) is 2. The molecule has 0 aliphatic heterocycles. The molecule has 0 amide bonds. The summed E-state index contributed by atoms with van der Waals surface area (Å²) in [6, 6.07) is 0.733. The summed E-state index contributed by atoms with van der Waals surface area (Å²) in [5.41, 5.74) is 2.29. The zero-order valence-electron chi connectivity index (χ0n) is 9.77. The minimum atomic E-state index is 0.713. The van der Waals surface area contributed by atoms with E-state index in [4.69, 9.17) is 4.52 Å². The van der Waals surface area contributed by atoms with Crippen LogP contribution in [-0.2, 0) is 6.42 Å². The van der Waals surface area contributed by atoms with Gasteiger partial charge in [-0.1, -0.05) is 5.16 Å². The van der Waals surface area contributed by atoms with Crippen molar-refractivity contribution in [3.05, 3.63) is 22.2 Å². The quantitative estimate of drug-likeness (QED) is 0.884. The Balaban J connectivity index is 1.63. The molecule has 1 saturated carbocycles. The van der Waals surface area contributed by atoms with Crippen LogP contribution in [0.2, 0.25) is 0 Å². The van der Waals surface area contributed by atoms with E-state index in [1.807, 2.05) is 0 Å². The number of aromatic nitrogens is 2. The van der Waals surface area contributed by atoms with Crippen molar-refractivity contribution in [3.63, 3.8) is 0 Å². The lowest BCUT2D eigenvalue weighted by Crippen LogP contribution is -2.19. The van der Waals surface area contributed by atoms with Crippen LogP contribution in [0.4, 0.5) is 0 Å². The van der Waals surface area contributed by atoms with E-state index in [1.54, 1.807) is 11.3 Å². The third kappa shape index (κ3) is 2.56. The molecule has 0 aromatic carbocycles.